The Balaban J connectivity index is 1.20. The molecule has 1 saturated heterocycles. The van der Waals surface area contributed by atoms with Gasteiger partial charge < -0.3 is 74.8 Å². The number of nitrogens with zero attached hydrogens (tertiary/aromatic N) is 4. The van der Waals surface area contributed by atoms with Gasteiger partial charge in [0.15, 0.2) is 17.3 Å². The Kier molecular flexibility index (Phi) is 15.9. The number of hydrazone groups is 1. The van der Waals surface area contributed by atoms with Gasteiger partial charge in [0.2, 0.25) is 5.43 Å². The number of piperazine rings is 1. The molecule has 418 valence electrons. The Morgan fingerprint density at radius 3 is 2.33 bits per heavy atom. The highest BCUT2D eigenvalue weighted by atomic mass is 19.1. The van der Waals surface area contributed by atoms with Crippen molar-refractivity contribution in [3.63, 3.8) is 0 Å². The molecule has 1 saturated carbocycles. The van der Waals surface area contributed by atoms with Crippen molar-refractivity contribution >= 4 is 62.9 Å². The predicted octanol–water partition coefficient (Wildman–Crippen LogP) is 5.24. The number of allylic oxidation sites excluding steroid dienone is 2. The zero-order chi connectivity index (χ0) is 57.0. The second-order valence-electron chi connectivity index (χ2n) is 20.5. The quantitative estimate of drug-likeness (QED) is 0.0484. The molecule has 2 fully saturated rings. The first-order valence-corrected chi connectivity index (χ1v) is 25.4. The van der Waals surface area contributed by atoms with Crippen LogP contribution in [0.5, 0.6) is 28.7 Å². The number of pyridine rings is 1. The number of hydrogen-bond donors (Lipinski definition) is 8. The molecule has 1 aliphatic carbocycles. The van der Waals surface area contributed by atoms with Crippen molar-refractivity contribution in [2.75, 3.05) is 44.1 Å². The van der Waals surface area contributed by atoms with Crippen LogP contribution in [0.25, 0.3) is 21.7 Å². The van der Waals surface area contributed by atoms with Gasteiger partial charge in [-0.1, -0.05) is 32.1 Å². The number of ketones is 1. The lowest BCUT2D eigenvalue weighted by Crippen LogP contribution is -2.52. The fourth-order valence-electron chi connectivity index (χ4n) is 10.4. The summed E-state index contributed by atoms with van der Waals surface area (Å²) in [6.45, 7) is 10.7. The fraction of sp³-hybridized carbons (Fsp3) is 0.455. The number of Topliss-reactive ketones (excluding diaryl/α,β-unsaturated/α-hetero) is 1. The van der Waals surface area contributed by atoms with Gasteiger partial charge in [-0.05, 0) is 45.8 Å². The van der Waals surface area contributed by atoms with Crippen LogP contribution in [0, 0.1) is 24.6 Å². The Bertz CT molecular complexity index is 3300. The maximum atomic E-state index is 16.4. The highest BCUT2D eigenvalue weighted by Gasteiger charge is 2.50. The van der Waals surface area contributed by atoms with E-state index in [1.54, 1.807) is 41.3 Å². The minimum Gasteiger partial charge on any atom is -0.507 e. The summed E-state index contributed by atoms with van der Waals surface area (Å²) in [5, 5.41) is 76.9. The van der Waals surface area contributed by atoms with E-state index in [0.29, 0.717) is 0 Å². The number of benzene rings is 3. The summed E-state index contributed by atoms with van der Waals surface area (Å²) in [7, 11) is 2.71. The number of halogens is 1. The largest absolute Gasteiger partial charge is 0.507 e. The third kappa shape index (κ3) is 10.3. The van der Waals surface area contributed by atoms with Gasteiger partial charge in [-0.25, -0.2) is 9.18 Å². The van der Waals surface area contributed by atoms with Crippen LogP contribution in [0.15, 0.2) is 58.3 Å². The number of phenolic OH excluding ortho intramolecular Hbond substituents is 3. The molecule has 1 unspecified atom stereocenters. The summed E-state index contributed by atoms with van der Waals surface area (Å²) in [5.74, 6) is -10.5. The average Bonchev–Trinajstić information content (AvgIpc) is 4.32. The number of aliphatic hydroxyl groups excluding tert-OH is 2. The predicted molar refractivity (Wildman–Crippen MR) is 284 cm³/mol. The Hall–Kier alpha value is -7.73. The second-order valence-corrected chi connectivity index (χ2v) is 20.5. The van der Waals surface area contributed by atoms with E-state index >= 15 is 4.39 Å². The number of methoxy groups -OCH3 is 2. The fourth-order valence-corrected chi connectivity index (χ4v) is 10.4. The van der Waals surface area contributed by atoms with Crippen LogP contribution >= 0.6 is 0 Å². The molecule has 0 spiro atoms. The van der Waals surface area contributed by atoms with Crippen LogP contribution < -0.4 is 30.9 Å². The number of nitrogens with one attached hydrogen (secondary N) is 1. The van der Waals surface area contributed by atoms with Crippen molar-refractivity contribution in [2.24, 2.45) is 22.7 Å². The number of carbonyl (C=O) groups excluding carboxylic acids is 3. The normalized spacial score (nSPS) is 27.8. The molecule has 4 aliphatic heterocycles. The lowest BCUT2D eigenvalue weighted by molar-refractivity contribution is -0.154. The number of nitrogens with two attached hydrogens (primary N) is 1. The van der Waals surface area contributed by atoms with Gasteiger partial charge >= 0.3 is 17.7 Å². The zero-order valence-corrected chi connectivity index (χ0v) is 44.6. The molecule has 9 rings (SSSR count). The van der Waals surface area contributed by atoms with Crippen molar-refractivity contribution < 1.29 is 77.9 Å². The molecule has 78 heavy (non-hydrogen) atoms. The third-order valence-corrected chi connectivity index (χ3v) is 15.1. The summed E-state index contributed by atoms with van der Waals surface area (Å²) in [6.07, 6.45) is 6.17. The molecule has 5 heterocycles. The standard InChI is InChI=1S/C55H65FN6O16/c1-24-11-10-12-25(2)53(71)59-41-33(21-58-62-17-16-60(22-26(62)3)43-35(56)20-32-42(51(43)75-9)61(30-13-14-30)23-34(47(32)67)54(72)73)48(68)37-38(49(41)69)45(65)28(5)50-39(37)52(70)55(7,78-50)76-18-15-31(74-8)19-36(77-29(6)63)27(4)46(66)40(57)44(24)64/h10-12,15,18,20-21,23-24,26-27,30-31,36,40,44,46,64-66,68-69H,13-14,16-17,19,22,57H2,1-9H3,(H,59,71)(H,72,73)/b11-10+,18-15+,25-12-,58-21+/t24-,26?,27-,31-,36+,40+,44-,46-,55-/m0/s1. The molecule has 9 N–H and O–H groups in total. The van der Waals surface area contributed by atoms with Crippen molar-refractivity contribution in [3.8, 4) is 28.7 Å². The van der Waals surface area contributed by atoms with Crippen molar-refractivity contribution in [3.05, 3.63) is 86.7 Å². The van der Waals surface area contributed by atoms with Crippen molar-refractivity contribution in [1.82, 2.24) is 9.58 Å². The Morgan fingerprint density at radius 1 is 1.00 bits per heavy atom. The Labute approximate surface area is 447 Å². The highest BCUT2D eigenvalue weighted by Crippen LogP contribution is 2.55. The molecule has 3 aromatic carbocycles. The van der Waals surface area contributed by atoms with Crippen LogP contribution in [0.1, 0.15) is 98.7 Å². The second kappa shape index (κ2) is 22.0. The number of carboxylic acids is 1. The maximum absolute atomic E-state index is 16.4. The molecule has 0 radical (unpaired) electrons. The summed E-state index contributed by atoms with van der Waals surface area (Å²) in [4.78, 5) is 68.2. The van der Waals surface area contributed by atoms with E-state index in [9.17, 15) is 54.6 Å². The lowest BCUT2D eigenvalue weighted by atomic mass is 9.84. The first kappa shape index (κ1) is 56.5. The van der Waals surface area contributed by atoms with Gasteiger partial charge in [0.25, 0.3) is 11.7 Å². The molecule has 9 atom stereocenters. The van der Waals surface area contributed by atoms with Crippen LogP contribution in [0.2, 0.25) is 0 Å². The molecular weight excluding hydrogens is 1020 g/mol. The highest BCUT2D eigenvalue weighted by molar-refractivity contribution is 6.24. The zero-order valence-electron chi connectivity index (χ0n) is 44.6. The van der Waals surface area contributed by atoms with Crippen LogP contribution in [-0.4, -0.2) is 146 Å². The SMILES string of the molecule is COc1c(N2CCN(/N=C/c3c4c(O)c5c(O)c(C)c6c(c5c3O)C(=O)[C@@](C)(O/C=C/[C@H](OC)C[C@@H](OC(C)=O)[C@H](C)[C@H](O)[C@H](N)[C@@H](O)[C@@H](C)/C=C/C=C(/C)C(=O)N4)O6)C(C)C2)c(F)cc2c(=O)c(C(=O)O)cn(C3CC3)c12. The van der Waals surface area contributed by atoms with Crippen LogP contribution in [0.3, 0.4) is 0 Å². The molecule has 5 aliphatic rings. The number of esters is 1. The number of aromatic carboxylic acids is 1. The average molecular weight is 1090 g/mol. The van der Waals surface area contributed by atoms with Gasteiger partial charge in [-0.2, -0.15) is 5.10 Å². The van der Waals surface area contributed by atoms with Crippen molar-refractivity contribution in [1.29, 1.82) is 0 Å². The molecule has 5 bridgehead atoms. The van der Waals surface area contributed by atoms with Gasteiger partial charge in [0.05, 0.1) is 89.6 Å². The van der Waals surface area contributed by atoms with E-state index < -0.39 is 123 Å². The number of rotatable bonds is 8. The van der Waals surface area contributed by atoms with Crippen LogP contribution in [-0.2, 0) is 23.8 Å². The molecule has 1 amide bonds. The Morgan fingerprint density at radius 2 is 1.71 bits per heavy atom. The summed E-state index contributed by atoms with van der Waals surface area (Å²) in [5.41, 5.74) is 4.38. The number of ether oxygens (including phenoxy) is 5. The number of hydrogen-bond acceptors (Lipinski definition) is 19. The van der Waals surface area contributed by atoms with E-state index in [1.807, 2.05) is 0 Å². The van der Waals surface area contributed by atoms with Gasteiger partial charge in [0, 0.05) is 81.1 Å². The minimum absolute atomic E-state index is 0.0321. The van der Waals surface area contributed by atoms with E-state index in [-0.39, 0.29) is 87.8 Å². The molecule has 1 aromatic heterocycles. The monoisotopic (exact) mass is 1080 g/mol. The number of fused-ring (bicyclic) bond motifs is 15. The molecular formula is C55H65FN6O16. The summed E-state index contributed by atoms with van der Waals surface area (Å²) >= 11 is 0. The molecule has 4 aromatic rings. The molecule has 23 heteroatoms. The number of anilines is 2. The number of phenols is 3. The number of carbonyl (C=O) groups is 4. The van der Waals surface area contributed by atoms with E-state index in [0.717, 1.165) is 31.4 Å². The van der Waals surface area contributed by atoms with E-state index in [4.69, 9.17) is 29.4 Å². The summed E-state index contributed by atoms with van der Waals surface area (Å²) < 4.78 is 47.2. The van der Waals surface area contributed by atoms with Crippen molar-refractivity contribution in [2.45, 2.75) is 116 Å². The first-order valence-electron chi connectivity index (χ1n) is 25.4. The number of carboxylic acid groups (broad SMARTS) is 1. The van der Waals surface area contributed by atoms with E-state index in [2.05, 4.69) is 10.4 Å². The topological polar surface area (TPSA) is 315 Å². The van der Waals surface area contributed by atoms with Gasteiger partial charge in [-0.3, -0.25) is 24.2 Å². The minimum atomic E-state index is -2.16. The van der Waals surface area contributed by atoms with E-state index in [1.165, 1.54) is 66.3 Å². The van der Waals surface area contributed by atoms with Crippen LogP contribution in [0.4, 0.5) is 15.8 Å². The maximum Gasteiger partial charge on any atom is 0.341 e. The third-order valence-electron chi connectivity index (χ3n) is 15.1. The summed E-state index contributed by atoms with van der Waals surface area (Å²) in [6, 6.07) is -0.870. The number of aromatic hydroxyl groups is 3. The smallest absolute Gasteiger partial charge is 0.341 e. The lowest BCUT2D eigenvalue weighted by Gasteiger charge is -2.40. The van der Waals surface area contributed by atoms with Gasteiger partial charge in [0.1, 0.15) is 34.6 Å². The molecule has 22 nitrogen and oxygen atoms in total. The first-order chi connectivity index (χ1) is 36.8. The number of aromatic nitrogens is 1. The van der Waals surface area contributed by atoms with Gasteiger partial charge in [-0.15, -0.1) is 0 Å². The number of aliphatic hydroxyl groups is 2. The number of amides is 1.